The number of halogens is 1. The average Bonchev–Trinajstić information content (AvgIpc) is 2.98. The van der Waals surface area contributed by atoms with Crippen LogP contribution >= 0.6 is 0 Å². The lowest BCUT2D eigenvalue weighted by molar-refractivity contribution is 0.0742. The molecule has 5 heteroatoms. The van der Waals surface area contributed by atoms with Crippen molar-refractivity contribution in [1.29, 1.82) is 0 Å². The number of nitrogens with one attached hydrogen (secondary N) is 2. The van der Waals surface area contributed by atoms with Crippen LogP contribution in [0.2, 0.25) is 0 Å². The minimum absolute atomic E-state index is 0.0174. The summed E-state index contributed by atoms with van der Waals surface area (Å²) in [5.74, 6) is 0.0405. The maximum atomic E-state index is 14.9. The summed E-state index contributed by atoms with van der Waals surface area (Å²) in [5.41, 5.74) is 4.89. The number of aromatic amines is 1. The van der Waals surface area contributed by atoms with Crippen molar-refractivity contribution in [2.24, 2.45) is 0 Å². The Morgan fingerprint density at radius 2 is 2.07 bits per heavy atom. The summed E-state index contributed by atoms with van der Waals surface area (Å²) >= 11 is 0. The molecule has 27 heavy (non-hydrogen) atoms. The molecule has 0 amide bonds. The fourth-order valence-corrected chi connectivity index (χ4v) is 4.39. The molecule has 2 N–H and O–H groups in total. The smallest absolute Gasteiger partial charge is 0.189 e. The lowest BCUT2D eigenvalue weighted by Crippen LogP contribution is -2.28. The zero-order valence-electron chi connectivity index (χ0n) is 15.0. The maximum absolute atomic E-state index is 14.9. The van der Waals surface area contributed by atoms with E-state index in [1.54, 1.807) is 6.07 Å². The molecule has 0 spiro atoms. The van der Waals surface area contributed by atoms with E-state index in [9.17, 15) is 9.18 Å². The third-order valence-electron chi connectivity index (χ3n) is 5.73. The van der Waals surface area contributed by atoms with Gasteiger partial charge in [-0.15, -0.1) is 0 Å². The van der Waals surface area contributed by atoms with Gasteiger partial charge in [0.05, 0.1) is 12.3 Å². The maximum Gasteiger partial charge on any atom is 0.189 e. The topological polar surface area (TPSA) is 54.1 Å². The number of benzene rings is 2. The monoisotopic (exact) mass is 364 g/mol. The third kappa shape index (κ3) is 2.78. The lowest BCUT2D eigenvalue weighted by atomic mass is 9.90. The van der Waals surface area contributed by atoms with Crippen LogP contribution in [0.15, 0.2) is 36.4 Å². The average molecular weight is 364 g/mol. The van der Waals surface area contributed by atoms with Crippen molar-refractivity contribution >= 4 is 16.7 Å². The van der Waals surface area contributed by atoms with Crippen LogP contribution in [-0.2, 0) is 11.3 Å². The Balaban J connectivity index is 1.61. The van der Waals surface area contributed by atoms with Gasteiger partial charge in [-0.3, -0.25) is 4.79 Å². The Bertz CT molecular complexity index is 1030. The first-order valence-corrected chi connectivity index (χ1v) is 9.47. The van der Waals surface area contributed by atoms with E-state index in [1.165, 1.54) is 0 Å². The van der Waals surface area contributed by atoms with Gasteiger partial charge in [-0.05, 0) is 43.0 Å². The van der Waals surface area contributed by atoms with Crippen LogP contribution in [-0.4, -0.2) is 30.5 Å². The largest absolute Gasteiger partial charge is 0.369 e. The molecule has 1 atom stereocenters. The van der Waals surface area contributed by atoms with Crippen LogP contribution in [0.5, 0.6) is 0 Å². The molecule has 0 bridgehead atoms. The number of Topliss-reactive ketones (excluding diaryl/α,β-unsaturated/α-hetero) is 1. The first-order valence-electron chi connectivity index (χ1n) is 9.47. The predicted octanol–water partition coefficient (Wildman–Crippen LogP) is 4.15. The number of ketones is 1. The summed E-state index contributed by atoms with van der Waals surface area (Å²) in [6, 6.07) is 11.1. The van der Waals surface area contributed by atoms with Gasteiger partial charge in [-0.2, -0.15) is 0 Å². The Labute approximate surface area is 156 Å². The van der Waals surface area contributed by atoms with Gasteiger partial charge in [0.1, 0.15) is 12.4 Å². The summed E-state index contributed by atoms with van der Waals surface area (Å²) in [6.45, 7) is 2.26. The van der Waals surface area contributed by atoms with E-state index in [0.29, 0.717) is 12.2 Å². The first kappa shape index (κ1) is 16.7. The van der Waals surface area contributed by atoms with Gasteiger partial charge >= 0.3 is 0 Å². The first-order chi connectivity index (χ1) is 13.2. The molecule has 3 aromatic rings. The minimum atomic E-state index is -0.169. The number of ether oxygens (including phenoxy) is 1. The van der Waals surface area contributed by atoms with E-state index < -0.39 is 0 Å². The summed E-state index contributed by atoms with van der Waals surface area (Å²) in [5, 5.41) is 4.25. The van der Waals surface area contributed by atoms with Crippen LogP contribution in [0.4, 0.5) is 4.39 Å². The third-order valence-corrected chi connectivity index (χ3v) is 5.73. The molecular weight excluding hydrogens is 343 g/mol. The molecule has 4 nitrogen and oxygen atoms in total. The van der Waals surface area contributed by atoms with Gasteiger partial charge in [-0.1, -0.05) is 24.3 Å². The fraction of sp³-hybridized carbons (Fsp3) is 0.318. The standard InChI is InChI=1S/C22H21FN2O2/c23-18-9-13(6-7-15(18)14-3-2-8-24-10-14)22-17-11-27-12-20(26)16-4-1-5-19(25-22)21(16)17/h1,4-7,9,14,24-25H,2-3,8,10-12H2/t14-/m0/s1. The van der Waals surface area contributed by atoms with E-state index in [4.69, 9.17) is 4.74 Å². The van der Waals surface area contributed by atoms with Gasteiger partial charge in [0, 0.05) is 34.1 Å². The van der Waals surface area contributed by atoms with Crippen molar-refractivity contribution in [2.45, 2.75) is 25.4 Å². The SMILES string of the molecule is O=C1COCc2c(-c3ccc([C@H]4CCCNC4)c(F)c3)[nH]c3cccc1c23. The Morgan fingerprint density at radius 3 is 2.89 bits per heavy atom. The molecule has 3 heterocycles. The summed E-state index contributed by atoms with van der Waals surface area (Å²) < 4.78 is 20.5. The van der Waals surface area contributed by atoms with E-state index >= 15 is 0 Å². The normalized spacial score (nSPS) is 20.0. The Kier molecular flexibility index (Phi) is 4.06. The number of rotatable bonds is 2. The van der Waals surface area contributed by atoms with Gasteiger partial charge in [-0.25, -0.2) is 4.39 Å². The second-order valence-electron chi connectivity index (χ2n) is 7.40. The number of carbonyl (C=O) groups excluding carboxylic acids is 1. The molecule has 0 saturated carbocycles. The van der Waals surface area contributed by atoms with E-state index in [2.05, 4.69) is 10.3 Å². The highest BCUT2D eigenvalue weighted by atomic mass is 19.1. The summed E-state index contributed by atoms with van der Waals surface area (Å²) in [4.78, 5) is 15.7. The van der Waals surface area contributed by atoms with E-state index in [-0.39, 0.29) is 24.1 Å². The highest BCUT2D eigenvalue weighted by Crippen LogP contribution is 2.36. The molecule has 0 aliphatic carbocycles. The van der Waals surface area contributed by atoms with Gasteiger partial charge in [0.2, 0.25) is 0 Å². The van der Waals surface area contributed by atoms with Crippen molar-refractivity contribution in [1.82, 2.24) is 10.3 Å². The molecule has 138 valence electrons. The quantitative estimate of drug-likeness (QED) is 0.718. The van der Waals surface area contributed by atoms with Gasteiger partial charge in [0.15, 0.2) is 5.78 Å². The molecule has 1 aromatic heterocycles. The van der Waals surface area contributed by atoms with Crippen molar-refractivity contribution in [2.75, 3.05) is 19.7 Å². The van der Waals surface area contributed by atoms with Crippen molar-refractivity contribution < 1.29 is 13.9 Å². The second kappa shape index (κ2) is 6.59. The molecule has 2 aliphatic rings. The fourth-order valence-electron chi connectivity index (χ4n) is 4.39. The van der Waals surface area contributed by atoms with Crippen LogP contribution < -0.4 is 5.32 Å². The van der Waals surface area contributed by atoms with E-state index in [1.807, 2.05) is 30.3 Å². The van der Waals surface area contributed by atoms with Crippen molar-refractivity contribution in [3.8, 4) is 11.3 Å². The highest BCUT2D eigenvalue weighted by Gasteiger charge is 2.24. The Hall–Kier alpha value is -2.50. The van der Waals surface area contributed by atoms with Crippen LogP contribution in [0, 0.1) is 5.82 Å². The minimum Gasteiger partial charge on any atom is -0.369 e. The van der Waals surface area contributed by atoms with E-state index in [0.717, 1.165) is 59.2 Å². The number of aromatic nitrogens is 1. The van der Waals surface area contributed by atoms with Crippen molar-refractivity contribution in [3.63, 3.8) is 0 Å². The molecule has 2 aromatic carbocycles. The number of H-pyrrole nitrogens is 1. The van der Waals surface area contributed by atoms with Crippen LogP contribution in [0.25, 0.3) is 22.2 Å². The van der Waals surface area contributed by atoms with Gasteiger partial charge < -0.3 is 15.0 Å². The number of hydrogen-bond acceptors (Lipinski definition) is 3. The van der Waals surface area contributed by atoms with Crippen molar-refractivity contribution in [3.05, 3.63) is 58.9 Å². The second-order valence-corrected chi connectivity index (χ2v) is 7.40. The molecular formula is C22H21FN2O2. The molecule has 5 rings (SSSR count). The molecule has 0 radical (unpaired) electrons. The lowest BCUT2D eigenvalue weighted by Gasteiger charge is -2.23. The van der Waals surface area contributed by atoms with Gasteiger partial charge in [0.25, 0.3) is 0 Å². The molecule has 1 saturated heterocycles. The Morgan fingerprint density at radius 1 is 1.15 bits per heavy atom. The van der Waals surface area contributed by atoms with Crippen LogP contribution in [0.3, 0.4) is 0 Å². The zero-order valence-corrected chi connectivity index (χ0v) is 15.0. The summed E-state index contributed by atoms with van der Waals surface area (Å²) in [7, 11) is 0. The highest BCUT2D eigenvalue weighted by molar-refractivity contribution is 6.11. The molecule has 0 unspecified atom stereocenters. The molecule has 1 fully saturated rings. The number of hydrogen-bond donors (Lipinski definition) is 2. The predicted molar refractivity (Wildman–Crippen MR) is 103 cm³/mol. The zero-order chi connectivity index (χ0) is 18.4. The summed E-state index contributed by atoms with van der Waals surface area (Å²) in [6.07, 6.45) is 2.09. The molecule has 2 aliphatic heterocycles. The number of piperidine rings is 1. The number of carbonyl (C=O) groups is 1. The van der Waals surface area contributed by atoms with Crippen LogP contribution in [0.1, 0.15) is 40.2 Å².